The Morgan fingerprint density at radius 2 is 1.78 bits per heavy atom. The summed E-state index contributed by atoms with van der Waals surface area (Å²) < 4.78 is 6.00. The Balaban J connectivity index is 1.52. The van der Waals surface area contributed by atoms with Crippen LogP contribution < -0.4 is 5.32 Å². The fourth-order valence-corrected chi connectivity index (χ4v) is 3.61. The third-order valence-corrected chi connectivity index (χ3v) is 5.14. The van der Waals surface area contributed by atoms with Gasteiger partial charge in [-0.05, 0) is 37.8 Å². The van der Waals surface area contributed by atoms with Crippen LogP contribution in [-0.4, -0.2) is 42.3 Å². The van der Waals surface area contributed by atoms with Crippen molar-refractivity contribution >= 4 is 5.78 Å². The molecule has 3 unspecified atom stereocenters. The maximum atomic E-state index is 12.9. The van der Waals surface area contributed by atoms with E-state index in [2.05, 4.69) is 5.32 Å². The van der Waals surface area contributed by atoms with Gasteiger partial charge in [0, 0.05) is 24.6 Å². The highest BCUT2D eigenvalue weighted by molar-refractivity contribution is 5.99. The summed E-state index contributed by atoms with van der Waals surface area (Å²) in [6.07, 6.45) is 3.69. The molecular formula is C23H29NO3. The molecule has 1 aliphatic carbocycles. The van der Waals surface area contributed by atoms with E-state index in [1.165, 1.54) is 0 Å². The normalized spacial score (nSPS) is 20.5. The molecule has 0 radical (unpaired) electrons. The predicted octanol–water partition coefficient (Wildman–Crippen LogP) is 3.39. The van der Waals surface area contributed by atoms with Gasteiger partial charge in [-0.2, -0.15) is 0 Å². The molecule has 144 valence electrons. The van der Waals surface area contributed by atoms with E-state index in [4.69, 9.17) is 4.74 Å². The van der Waals surface area contributed by atoms with Gasteiger partial charge >= 0.3 is 0 Å². The summed E-state index contributed by atoms with van der Waals surface area (Å²) >= 11 is 0. The zero-order valence-corrected chi connectivity index (χ0v) is 15.7. The molecule has 2 N–H and O–H groups in total. The van der Waals surface area contributed by atoms with Crippen LogP contribution in [0.2, 0.25) is 0 Å². The number of benzene rings is 2. The van der Waals surface area contributed by atoms with Crippen molar-refractivity contribution in [3.63, 3.8) is 0 Å². The quantitative estimate of drug-likeness (QED) is 0.499. The van der Waals surface area contributed by atoms with Gasteiger partial charge in [0.1, 0.15) is 6.10 Å². The van der Waals surface area contributed by atoms with Gasteiger partial charge < -0.3 is 15.2 Å². The number of aliphatic hydroxyl groups excluding tert-OH is 1. The minimum Gasteiger partial charge on any atom is -0.392 e. The molecule has 2 aromatic rings. The lowest BCUT2D eigenvalue weighted by Crippen LogP contribution is -2.36. The molecular weight excluding hydrogens is 338 g/mol. The standard InChI is InChI=1S/C23H29NO3/c25-21-14-7-13-20(21)24-15-8-16-27-22(17-18-9-3-1-4-10-18)23(26)19-11-5-2-6-12-19/h1-6,9-12,20-22,24-25H,7-8,13-17H2. The number of hydrogen-bond donors (Lipinski definition) is 2. The van der Waals surface area contributed by atoms with Crippen LogP contribution in [0, 0.1) is 0 Å². The third-order valence-electron chi connectivity index (χ3n) is 5.14. The SMILES string of the molecule is O=C(c1ccccc1)C(Cc1ccccc1)OCCCNC1CCCC1O. The molecule has 0 heterocycles. The first kappa shape index (κ1) is 19.7. The summed E-state index contributed by atoms with van der Waals surface area (Å²) in [5.41, 5.74) is 1.78. The monoisotopic (exact) mass is 367 g/mol. The highest BCUT2D eigenvalue weighted by Crippen LogP contribution is 2.18. The van der Waals surface area contributed by atoms with Crippen LogP contribution in [0.5, 0.6) is 0 Å². The predicted molar refractivity (Wildman–Crippen MR) is 107 cm³/mol. The van der Waals surface area contributed by atoms with Gasteiger partial charge in [-0.1, -0.05) is 60.7 Å². The van der Waals surface area contributed by atoms with Gasteiger partial charge in [-0.25, -0.2) is 0 Å². The summed E-state index contributed by atoms with van der Waals surface area (Å²) in [6.45, 7) is 1.31. The van der Waals surface area contributed by atoms with Gasteiger partial charge in [-0.15, -0.1) is 0 Å². The lowest BCUT2D eigenvalue weighted by Gasteiger charge is -2.19. The Hall–Kier alpha value is -2.01. The average molecular weight is 367 g/mol. The van der Waals surface area contributed by atoms with Crippen molar-refractivity contribution in [2.45, 2.75) is 50.4 Å². The maximum absolute atomic E-state index is 12.9. The lowest BCUT2D eigenvalue weighted by molar-refractivity contribution is 0.0399. The number of aliphatic hydroxyl groups is 1. The summed E-state index contributed by atoms with van der Waals surface area (Å²) in [6, 6.07) is 19.5. The van der Waals surface area contributed by atoms with Crippen molar-refractivity contribution in [3.05, 3.63) is 71.8 Å². The smallest absolute Gasteiger partial charge is 0.191 e. The Morgan fingerprint density at radius 1 is 1.07 bits per heavy atom. The summed E-state index contributed by atoms with van der Waals surface area (Å²) in [5.74, 6) is 0.0265. The first-order valence-electron chi connectivity index (χ1n) is 9.90. The highest BCUT2D eigenvalue weighted by atomic mass is 16.5. The second-order valence-corrected chi connectivity index (χ2v) is 7.19. The zero-order valence-electron chi connectivity index (χ0n) is 15.7. The fourth-order valence-electron chi connectivity index (χ4n) is 3.61. The number of ketones is 1. The van der Waals surface area contributed by atoms with E-state index in [-0.39, 0.29) is 17.9 Å². The number of rotatable bonds is 10. The molecule has 1 fully saturated rings. The van der Waals surface area contributed by atoms with Crippen molar-refractivity contribution in [1.29, 1.82) is 0 Å². The molecule has 0 aromatic heterocycles. The third kappa shape index (κ3) is 5.99. The second-order valence-electron chi connectivity index (χ2n) is 7.19. The largest absolute Gasteiger partial charge is 0.392 e. The second kappa shape index (κ2) is 10.4. The van der Waals surface area contributed by atoms with Crippen molar-refractivity contribution in [3.8, 4) is 0 Å². The Bertz CT molecular complexity index is 689. The average Bonchev–Trinajstić information content (AvgIpc) is 3.12. The molecule has 0 bridgehead atoms. The number of carbonyl (C=O) groups excluding carboxylic acids is 1. The van der Waals surface area contributed by atoms with E-state index in [9.17, 15) is 9.90 Å². The first-order valence-corrected chi connectivity index (χ1v) is 9.90. The van der Waals surface area contributed by atoms with Crippen LogP contribution >= 0.6 is 0 Å². The molecule has 0 aliphatic heterocycles. The Morgan fingerprint density at radius 3 is 2.44 bits per heavy atom. The zero-order chi connectivity index (χ0) is 18.9. The molecule has 4 heteroatoms. The number of nitrogens with one attached hydrogen (secondary N) is 1. The summed E-state index contributed by atoms with van der Waals surface area (Å²) in [5, 5.41) is 13.3. The van der Waals surface area contributed by atoms with Crippen LogP contribution in [-0.2, 0) is 11.2 Å². The van der Waals surface area contributed by atoms with E-state index in [0.717, 1.165) is 37.8 Å². The fraction of sp³-hybridized carbons (Fsp3) is 0.435. The van der Waals surface area contributed by atoms with Crippen molar-refractivity contribution in [2.75, 3.05) is 13.2 Å². The number of ether oxygens (including phenoxy) is 1. The maximum Gasteiger partial charge on any atom is 0.191 e. The summed E-state index contributed by atoms with van der Waals surface area (Å²) in [7, 11) is 0. The number of hydrogen-bond acceptors (Lipinski definition) is 4. The van der Waals surface area contributed by atoms with E-state index >= 15 is 0 Å². The van der Waals surface area contributed by atoms with Gasteiger partial charge in [-0.3, -0.25) is 4.79 Å². The molecule has 1 saturated carbocycles. The number of Topliss-reactive ketones (excluding diaryl/α,β-unsaturated/α-hetero) is 1. The van der Waals surface area contributed by atoms with Crippen molar-refractivity contribution in [2.24, 2.45) is 0 Å². The number of carbonyl (C=O) groups is 1. The van der Waals surface area contributed by atoms with Crippen LogP contribution in [0.3, 0.4) is 0 Å². The highest BCUT2D eigenvalue weighted by Gasteiger charge is 2.24. The molecule has 27 heavy (non-hydrogen) atoms. The van der Waals surface area contributed by atoms with Crippen LogP contribution in [0.25, 0.3) is 0 Å². The van der Waals surface area contributed by atoms with Gasteiger partial charge in [0.2, 0.25) is 0 Å². The van der Waals surface area contributed by atoms with Gasteiger partial charge in [0.05, 0.1) is 6.10 Å². The molecule has 4 nitrogen and oxygen atoms in total. The van der Waals surface area contributed by atoms with Crippen molar-refractivity contribution < 1.29 is 14.6 Å². The Kier molecular flexibility index (Phi) is 7.57. The first-order chi connectivity index (χ1) is 13.2. The molecule has 3 rings (SSSR count). The lowest BCUT2D eigenvalue weighted by atomic mass is 10.00. The van der Waals surface area contributed by atoms with E-state index < -0.39 is 6.10 Å². The molecule has 0 amide bonds. The van der Waals surface area contributed by atoms with Gasteiger partial charge in [0.15, 0.2) is 5.78 Å². The Labute approximate surface area is 161 Å². The minimum atomic E-state index is -0.480. The van der Waals surface area contributed by atoms with Crippen molar-refractivity contribution in [1.82, 2.24) is 5.32 Å². The topological polar surface area (TPSA) is 58.6 Å². The van der Waals surface area contributed by atoms with Crippen LogP contribution in [0.1, 0.15) is 41.6 Å². The van der Waals surface area contributed by atoms with E-state index in [1.54, 1.807) is 0 Å². The van der Waals surface area contributed by atoms with Crippen LogP contribution in [0.15, 0.2) is 60.7 Å². The minimum absolute atomic E-state index is 0.0265. The molecule has 2 aromatic carbocycles. The molecule has 3 atom stereocenters. The van der Waals surface area contributed by atoms with Crippen LogP contribution in [0.4, 0.5) is 0 Å². The molecule has 1 aliphatic rings. The summed E-state index contributed by atoms with van der Waals surface area (Å²) in [4.78, 5) is 12.9. The molecule has 0 spiro atoms. The molecule has 0 saturated heterocycles. The van der Waals surface area contributed by atoms with E-state index in [1.807, 2.05) is 60.7 Å². The van der Waals surface area contributed by atoms with Gasteiger partial charge in [0.25, 0.3) is 0 Å². The van der Waals surface area contributed by atoms with E-state index in [0.29, 0.717) is 18.6 Å².